The molecule has 1 amide bonds. The zero-order chi connectivity index (χ0) is 13.8. The summed E-state index contributed by atoms with van der Waals surface area (Å²) in [4.78, 5) is 12.1. The maximum atomic E-state index is 12.1. The van der Waals surface area contributed by atoms with Crippen molar-refractivity contribution in [3.63, 3.8) is 0 Å². The molecule has 0 saturated carbocycles. The molecule has 0 heterocycles. The van der Waals surface area contributed by atoms with Crippen molar-refractivity contribution >= 4 is 11.6 Å². The molecule has 18 heavy (non-hydrogen) atoms. The van der Waals surface area contributed by atoms with E-state index in [1.807, 2.05) is 31.2 Å². The van der Waals surface area contributed by atoms with E-state index in [1.54, 1.807) is 6.92 Å². The predicted octanol–water partition coefficient (Wildman–Crippen LogP) is 3.69. The van der Waals surface area contributed by atoms with Gasteiger partial charge in [-0.15, -0.1) is 0 Å². The summed E-state index contributed by atoms with van der Waals surface area (Å²) in [5, 5.41) is 12.0. The average molecular weight is 244 g/mol. The third kappa shape index (κ3) is 2.89. The molecule has 0 spiro atoms. The van der Waals surface area contributed by atoms with Crippen molar-refractivity contribution in [2.75, 3.05) is 5.32 Å². The SMILES string of the molecule is CCC(C)(C#N)C(=O)Nc1ccccc1C(C)C. The zero-order valence-electron chi connectivity index (χ0n) is 11.4. The summed E-state index contributed by atoms with van der Waals surface area (Å²) in [6, 6.07) is 9.80. The Labute approximate surface area is 109 Å². The fraction of sp³-hybridized carbons (Fsp3) is 0.467. The molecule has 1 rings (SSSR count). The van der Waals surface area contributed by atoms with Gasteiger partial charge in [0, 0.05) is 5.69 Å². The Morgan fingerprint density at radius 3 is 2.56 bits per heavy atom. The molecule has 1 N–H and O–H groups in total. The van der Waals surface area contributed by atoms with Crippen LogP contribution in [-0.2, 0) is 4.79 Å². The van der Waals surface area contributed by atoms with Crippen LogP contribution in [0.15, 0.2) is 24.3 Å². The Bertz CT molecular complexity index is 474. The first-order chi connectivity index (χ1) is 8.44. The summed E-state index contributed by atoms with van der Waals surface area (Å²) in [5.74, 6) is 0.0945. The number of nitrogens with zero attached hydrogens (tertiary/aromatic N) is 1. The summed E-state index contributed by atoms with van der Waals surface area (Å²) >= 11 is 0. The highest BCUT2D eigenvalue weighted by Crippen LogP contribution is 2.27. The summed E-state index contributed by atoms with van der Waals surface area (Å²) < 4.78 is 0. The normalized spacial score (nSPS) is 13.8. The van der Waals surface area contributed by atoms with Gasteiger partial charge in [-0.25, -0.2) is 0 Å². The van der Waals surface area contributed by atoms with Crippen molar-refractivity contribution in [1.82, 2.24) is 0 Å². The van der Waals surface area contributed by atoms with Gasteiger partial charge in [-0.2, -0.15) is 5.26 Å². The standard InChI is InChI=1S/C15H20N2O/c1-5-15(4,10-16)14(18)17-13-9-7-6-8-12(13)11(2)3/h6-9,11H,5H2,1-4H3,(H,17,18). The number of nitrogens with one attached hydrogen (secondary N) is 1. The first-order valence-electron chi connectivity index (χ1n) is 6.26. The third-order valence-corrected chi connectivity index (χ3v) is 3.29. The molecule has 1 aromatic carbocycles. The second-order valence-corrected chi connectivity index (χ2v) is 4.99. The van der Waals surface area contributed by atoms with Gasteiger partial charge in [0.15, 0.2) is 0 Å². The Balaban J connectivity index is 2.99. The second-order valence-electron chi connectivity index (χ2n) is 4.99. The third-order valence-electron chi connectivity index (χ3n) is 3.29. The lowest BCUT2D eigenvalue weighted by Crippen LogP contribution is -2.31. The molecule has 1 unspecified atom stereocenters. The molecule has 96 valence electrons. The van der Waals surface area contributed by atoms with Gasteiger partial charge in [0.05, 0.1) is 6.07 Å². The number of rotatable bonds is 4. The summed E-state index contributed by atoms with van der Waals surface area (Å²) in [7, 11) is 0. The van der Waals surface area contributed by atoms with Crippen LogP contribution in [0, 0.1) is 16.7 Å². The van der Waals surface area contributed by atoms with E-state index in [0.717, 1.165) is 11.3 Å². The number of anilines is 1. The van der Waals surface area contributed by atoms with E-state index >= 15 is 0 Å². The van der Waals surface area contributed by atoms with Crippen LogP contribution < -0.4 is 5.32 Å². The van der Waals surface area contributed by atoms with Gasteiger partial charge < -0.3 is 5.32 Å². The predicted molar refractivity (Wildman–Crippen MR) is 73.2 cm³/mol. The fourth-order valence-corrected chi connectivity index (χ4v) is 1.66. The molecular formula is C15H20N2O. The summed E-state index contributed by atoms with van der Waals surface area (Å²) in [5.41, 5.74) is 0.916. The molecular weight excluding hydrogens is 224 g/mol. The Morgan fingerprint density at radius 1 is 1.44 bits per heavy atom. The lowest BCUT2D eigenvalue weighted by molar-refractivity contribution is -0.122. The zero-order valence-corrected chi connectivity index (χ0v) is 11.4. The number of hydrogen-bond donors (Lipinski definition) is 1. The van der Waals surface area contributed by atoms with E-state index in [-0.39, 0.29) is 5.91 Å². The Hall–Kier alpha value is -1.82. The van der Waals surface area contributed by atoms with E-state index in [9.17, 15) is 4.79 Å². The van der Waals surface area contributed by atoms with Crippen molar-refractivity contribution < 1.29 is 4.79 Å². The van der Waals surface area contributed by atoms with Gasteiger partial charge in [-0.05, 0) is 30.9 Å². The average Bonchev–Trinajstić information content (AvgIpc) is 2.38. The number of nitriles is 1. The van der Waals surface area contributed by atoms with Crippen LogP contribution in [-0.4, -0.2) is 5.91 Å². The monoisotopic (exact) mass is 244 g/mol. The second kappa shape index (κ2) is 5.68. The quantitative estimate of drug-likeness (QED) is 0.878. The van der Waals surface area contributed by atoms with E-state index in [2.05, 4.69) is 25.2 Å². The number of benzene rings is 1. The minimum atomic E-state index is -0.968. The molecule has 1 atom stereocenters. The molecule has 0 aromatic heterocycles. The Morgan fingerprint density at radius 2 is 2.06 bits per heavy atom. The van der Waals surface area contributed by atoms with Gasteiger partial charge in [-0.1, -0.05) is 39.0 Å². The van der Waals surface area contributed by atoms with Crippen LogP contribution in [0.2, 0.25) is 0 Å². The lowest BCUT2D eigenvalue weighted by atomic mass is 9.88. The van der Waals surface area contributed by atoms with Crippen molar-refractivity contribution in [1.29, 1.82) is 5.26 Å². The topological polar surface area (TPSA) is 52.9 Å². The van der Waals surface area contributed by atoms with Crippen molar-refractivity contribution in [3.05, 3.63) is 29.8 Å². The summed E-state index contributed by atoms with van der Waals surface area (Å²) in [6.45, 7) is 7.67. The van der Waals surface area contributed by atoms with Gasteiger partial charge >= 0.3 is 0 Å². The number of carbonyl (C=O) groups is 1. The number of para-hydroxylation sites is 1. The highest BCUT2D eigenvalue weighted by atomic mass is 16.2. The van der Waals surface area contributed by atoms with Gasteiger partial charge in [-0.3, -0.25) is 4.79 Å². The number of amides is 1. The number of hydrogen-bond acceptors (Lipinski definition) is 2. The fourth-order valence-electron chi connectivity index (χ4n) is 1.66. The molecule has 0 radical (unpaired) electrons. The molecule has 0 bridgehead atoms. The van der Waals surface area contributed by atoms with E-state index in [0.29, 0.717) is 12.3 Å². The largest absolute Gasteiger partial charge is 0.324 e. The van der Waals surface area contributed by atoms with Crippen LogP contribution in [0.5, 0.6) is 0 Å². The van der Waals surface area contributed by atoms with Crippen LogP contribution >= 0.6 is 0 Å². The van der Waals surface area contributed by atoms with Gasteiger partial charge in [0.25, 0.3) is 0 Å². The van der Waals surface area contributed by atoms with Crippen LogP contribution in [0.4, 0.5) is 5.69 Å². The first-order valence-corrected chi connectivity index (χ1v) is 6.26. The highest BCUT2D eigenvalue weighted by molar-refractivity contribution is 5.97. The first kappa shape index (κ1) is 14.2. The molecule has 0 aliphatic heterocycles. The molecule has 3 heteroatoms. The minimum Gasteiger partial charge on any atom is -0.324 e. The smallest absolute Gasteiger partial charge is 0.244 e. The number of carbonyl (C=O) groups excluding carboxylic acids is 1. The van der Waals surface area contributed by atoms with Crippen molar-refractivity contribution in [2.24, 2.45) is 5.41 Å². The molecule has 1 aromatic rings. The molecule has 0 aliphatic rings. The van der Waals surface area contributed by atoms with Gasteiger partial charge in [0.1, 0.15) is 5.41 Å². The van der Waals surface area contributed by atoms with Crippen molar-refractivity contribution in [2.45, 2.75) is 40.0 Å². The highest BCUT2D eigenvalue weighted by Gasteiger charge is 2.31. The summed E-state index contributed by atoms with van der Waals surface area (Å²) in [6.07, 6.45) is 0.499. The van der Waals surface area contributed by atoms with Crippen LogP contribution in [0.25, 0.3) is 0 Å². The van der Waals surface area contributed by atoms with Crippen LogP contribution in [0.1, 0.15) is 45.6 Å². The van der Waals surface area contributed by atoms with Crippen molar-refractivity contribution in [3.8, 4) is 6.07 Å². The maximum absolute atomic E-state index is 12.1. The molecule has 0 saturated heterocycles. The minimum absolute atomic E-state index is 0.236. The molecule has 3 nitrogen and oxygen atoms in total. The van der Waals surface area contributed by atoms with E-state index < -0.39 is 5.41 Å². The van der Waals surface area contributed by atoms with Gasteiger partial charge in [0.2, 0.25) is 5.91 Å². The molecule has 0 aliphatic carbocycles. The van der Waals surface area contributed by atoms with E-state index in [4.69, 9.17) is 5.26 Å². The Kier molecular flexibility index (Phi) is 4.49. The van der Waals surface area contributed by atoms with Crippen LogP contribution in [0.3, 0.4) is 0 Å². The lowest BCUT2D eigenvalue weighted by Gasteiger charge is -2.20. The van der Waals surface area contributed by atoms with E-state index in [1.165, 1.54) is 0 Å². The maximum Gasteiger partial charge on any atom is 0.244 e. The molecule has 0 fully saturated rings.